The third-order valence-corrected chi connectivity index (χ3v) is 5.63. The maximum absolute atomic E-state index is 8.71. The van der Waals surface area contributed by atoms with Crippen LogP contribution < -0.4 is 10.6 Å². The van der Waals surface area contributed by atoms with Gasteiger partial charge in [0.05, 0.1) is 23.6 Å². The second kappa shape index (κ2) is 6.24. The van der Waals surface area contributed by atoms with Gasteiger partial charge in [0.25, 0.3) is 0 Å². The van der Waals surface area contributed by atoms with E-state index < -0.39 is 0 Å². The van der Waals surface area contributed by atoms with Gasteiger partial charge in [0.1, 0.15) is 24.8 Å². The molecule has 5 rings (SSSR count). The molecule has 0 amide bonds. The Morgan fingerprint density at radius 1 is 1.29 bits per heavy atom. The van der Waals surface area contributed by atoms with E-state index in [0.29, 0.717) is 29.3 Å². The molecule has 2 aromatic rings. The van der Waals surface area contributed by atoms with Crippen LogP contribution in [0.3, 0.4) is 0 Å². The first-order chi connectivity index (χ1) is 13.5. The molecule has 1 aromatic carbocycles. The smallest absolute Gasteiger partial charge is 0.182 e. The number of allylic oxidation sites excluding steroid dienone is 1. The fourth-order valence-corrected chi connectivity index (χ4v) is 3.81. The Labute approximate surface area is 163 Å². The lowest BCUT2D eigenvalue weighted by molar-refractivity contribution is -0.423. The number of hydrogen-bond acceptors (Lipinski definition) is 6. The van der Waals surface area contributed by atoms with Gasteiger partial charge >= 0.3 is 0 Å². The van der Waals surface area contributed by atoms with Gasteiger partial charge in [-0.2, -0.15) is 0 Å². The summed E-state index contributed by atoms with van der Waals surface area (Å²) in [5, 5.41) is 8.71. The molecule has 1 saturated carbocycles. The first-order valence-corrected chi connectivity index (χ1v) is 9.52. The molecule has 0 atom stereocenters. The molecule has 0 radical (unpaired) electrons. The molecule has 142 valence electrons. The summed E-state index contributed by atoms with van der Waals surface area (Å²) in [5.74, 6) is 0.843. The Kier molecular flexibility index (Phi) is 3.80. The van der Waals surface area contributed by atoms with Crippen LogP contribution in [-0.2, 0) is 4.74 Å². The maximum atomic E-state index is 8.71. The molecule has 28 heavy (non-hydrogen) atoms. The molecule has 1 aliphatic carbocycles. The summed E-state index contributed by atoms with van der Waals surface area (Å²) in [5.41, 5.74) is 10.5. The molecule has 0 bridgehead atoms. The lowest BCUT2D eigenvalue weighted by Gasteiger charge is -2.34. The number of nitrogen functional groups attached to an aromatic ring is 1. The monoisotopic (exact) mass is 375 g/mol. The van der Waals surface area contributed by atoms with Gasteiger partial charge in [-0.25, -0.2) is 14.5 Å². The molecule has 1 spiro atoms. The van der Waals surface area contributed by atoms with E-state index in [1.54, 1.807) is 0 Å². The highest BCUT2D eigenvalue weighted by molar-refractivity contribution is 6.15. The molecule has 1 saturated heterocycles. The van der Waals surface area contributed by atoms with Gasteiger partial charge in [0.15, 0.2) is 12.4 Å². The summed E-state index contributed by atoms with van der Waals surface area (Å²) in [4.78, 5) is 11.0. The van der Waals surface area contributed by atoms with Crippen molar-refractivity contribution in [3.05, 3.63) is 53.6 Å². The number of ether oxygens (including phenoxy) is 1. The molecule has 1 aromatic heterocycles. The first-order valence-electron chi connectivity index (χ1n) is 9.52. The fourth-order valence-electron chi connectivity index (χ4n) is 3.81. The van der Waals surface area contributed by atoms with Crippen molar-refractivity contribution in [1.82, 2.24) is 9.97 Å². The van der Waals surface area contributed by atoms with Crippen molar-refractivity contribution in [2.24, 2.45) is 0 Å². The highest BCUT2D eigenvalue weighted by Gasteiger charge is 2.47. The minimum absolute atomic E-state index is 0.0236. The number of nitrogens with one attached hydrogen (secondary N) is 1. The Balaban J connectivity index is 1.43. The van der Waals surface area contributed by atoms with E-state index in [4.69, 9.17) is 15.9 Å². The molecular formula is C21H23N6O+. The summed E-state index contributed by atoms with van der Waals surface area (Å²) in [6.07, 6.45) is 7.86. The van der Waals surface area contributed by atoms with Crippen molar-refractivity contribution < 1.29 is 9.31 Å². The molecule has 2 fully saturated rings. The second-order valence-corrected chi connectivity index (χ2v) is 7.77. The molecule has 3 aliphatic rings. The fraction of sp³-hybridized carbons (Fsp3) is 0.333. The number of anilines is 2. The predicted octanol–water partition coefficient (Wildman–Crippen LogP) is 1.91. The Bertz CT molecular complexity index is 1040. The highest BCUT2D eigenvalue weighted by atomic mass is 16.5. The van der Waals surface area contributed by atoms with Crippen LogP contribution in [-0.4, -0.2) is 58.8 Å². The molecular weight excluding hydrogens is 352 g/mol. The molecule has 2 aliphatic heterocycles. The lowest BCUT2D eigenvalue weighted by Crippen LogP contribution is -2.44. The van der Waals surface area contributed by atoms with Crippen molar-refractivity contribution in [1.29, 1.82) is 5.41 Å². The van der Waals surface area contributed by atoms with Gasteiger partial charge in [0.2, 0.25) is 0 Å². The van der Waals surface area contributed by atoms with Gasteiger partial charge in [-0.3, -0.25) is 5.41 Å². The van der Waals surface area contributed by atoms with Crippen LogP contribution >= 0.6 is 0 Å². The van der Waals surface area contributed by atoms with Gasteiger partial charge in [0, 0.05) is 30.4 Å². The van der Waals surface area contributed by atoms with Crippen LogP contribution in [0.4, 0.5) is 11.5 Å². The zero-order valence-electron chi connectivity index (χ0n) is 15.9. The molecule has 0 unspecified atom stereocenters. The van der Waals surface area contributed by atoms with Crippen molar-refractivity contribution >= 4 is 29.0 Å². The number of nitrogens with zero attached hydrogens (tertiary/aromatic N) is 4. The Hall–Kier alpha value is -3.06. The number of nitrogens with two attached hydrogens (primary N) is 1. The number of hydrogen-bond donors (Lipinski definition) is 2. The quantitative estimate of drug-likeness (QED) is 0.484. The van der Waals surface area contributed by atoms with Crippen molar-refractivity contribution in [3.8, 4) is 0 Å². The van der Waals surface area contributed by atoms with Gasteiger partial charge in [-0.15, -0.1) is 0 Å². The van der Waals surface area contributed by atoms with E-state index in [1.807, 2.05) is 48.3 Å². The van der Waals surface area contributed by atoms with E-state index in [9.17, 15) is 0 Å². The normalized spacial score (nSPS) is 19.7. The van der Waals surface area contributed by atoms with Crippen molar-refractivity contribution in [3.63, 3.8) is 0 Å². The molecule has 7 heteroatoms. The van der Waals surface area contributed by atoms with Crippen LogP contribution in [0, 0.1) is 5.41 Å². The van der Waals surface area contributed by atoms with E-state index in [2.05, 4.69) is 14.9 Å². The average Bonchev–Trinajstić information content (AvgIpc) is 3.44. The SMILES string of the molecule is C[N+]1=CC(c2ccc(N)c(C(=N)c3cc(N4CCOC5(CC5)C4)ncn3)c2)=C1. The Morgan fingerprint density at radius 3 is 2.86 bits per heavy atom. The summed E-state index contributed by atoms with van der Waals surface area (Å²) >= 11 is 0. The number of morpholine rings is 1. The topological polar surface area (TPSA) is 91.1 Å². The number of benzene rings is 1. The van der Waals surface area contributed by atoms with Gasteiger partial charge in [-0.1, -0.05) is 6.07 Å². The van der Waals surface area contributed by atoms with E-state index in [1.165, 1.54) is 6.33 Å². The lowest BCUT2D eigenvalue weighted by atomic mass is 9.97. The molecule has 7 nitrogen and oxygen atoms in total. The first kappa shape index (κ1) is 17.1. The maximum Gasteiger partial charge on any atom is 0.182 e. The van der Waals surface area contributed by atoms with E-state index in [-0.39, 0.29) is 5.60 Å². The largest absolute Gasteiger partial charge is 0.398 e. The van der Waals surface area contributed by atoms with E-state index in [0.717, 1.165) is 42.9 Å². The third-order valence-electron chi connectivity index (χ3n) is 5.63. The van der Waals surface area contributed by atoms with Crippen molar-refractivity contribution in [2.45, 2.75) is 18.4 Å². The van der Waals surface area contributed by atoms with Crippen LogP contribution in [0.15, 0.2) is 36.8 Å². The zero-order chi connectivity index (χ0) is 19.3. The summed E-state index contributed by atoms with van der Waals surface area (Å²) in [7, 11) is 1.99. The average molecular weight is 375 g/mol. The number of aromatic nitrogens is 2. The molecule has 3 heterocycles. The predicted molar refractivity (Wildman–Crippen MR) is 109 cm³/mol. The van der Waals surface area contributed by atoms with Gasteiger partial charge in [-0.05, 0) is 30.5 Å². The second-order valence-electron chi connectivity index (χ2n) is 7.77. The van der Waals surface area contributed by atoms with Crippen LogP contribution in [0.2, 0.25) is 0 Å². The molecule has 3 N–H and O–H groups in total. The van der Waals surface area contributed by atoms with Crippen LogP contribution in [0.25, 0.3) is 5.57 Å². The Morgan fingerprint density at radius 2 is 2.11 bits per heavy atom. The van der Waals surface area contributed by atoms with Gasteiger partial charge < -0.3 is 15.4 Å². The van der Waals surface area contributed by atoms with Crippen molar-refractivity contribution in [2.75, 3.05) is 37.4 Å². The minimum Gasteiger partial charge on any atom is -0.398 e. The minimum atomic E-state index is 0.0236. The number of rotatable bonds is 4. The zero-order valence-corrected chi connectivity index (χ0v) is 15.9. The standard InChI is InChI=1S/C21H23N6O/c1-26-10-15(11-26)14-2-3-17(22)16(8-14)20(23)18-9-19(25-13-24-18)27-6-7-28-21(12-27)4-5-21/h2-3,8-11,13,23H,4-7,12,22H2,1H3/q+1. The summed E-state index contributed by atoms with van der Waals surface area (Å²) in [6, 6.07) is 7.68. The summed E-state index contributed by atoms with van der Waals surface area (Å²) < 4.78 is 7.90. The highest BCUT2D eigenvalue weighted by Crippen LogP contribution is 2.42. The summed E-state index contributed by atoms with van der Waals surface area (Å²) in [6.45, 7) is 2.37. The van der Waals surface area contributed by atoms with Crippen LogP contribution in [0.5, 0.6) is 0 Å². The van der Waals surface area contributed by atoms with E-state index >= 15 is 0 Å². The third kappa shape index (κ3) is 2.97. The van der Waals surface area contributed by atoms with Crippen LogP contribution in [0.1, 0.15) is 29.7 Å².